The number of ether oxygens (including phenoxy) is 1. The van der Waals surface area contributed by atoms with Gasteiger partial charge in [0, 0.05) is 26.1 Å². The van der Waals surface area contributed by atoms with Crippen LogP contribution in [0.15, 0.2) is 33.5 Å². The van der Waals surface area contributed by atoms with E-state index in [0.29, 0.717) is 44.7 Å². The van der Waals surface area contributed by atoms with Crippen LogP contribution in [0.3, 0.4) is 0 Å². The molecule has 1 aliphatic rings. The third kappa shape index (κ3) is 3.06. The van der Waals surface area contributed by atoms with Crippen LogP contribution in [0.4, 0.5) is 0 Å². The molecular formula is C16H20N2O4. The van der Waals surface area contributed by atoms with E-state index >= 15 is 0 Å². The molecule has 1 saturated heterocycles. The van der Waals surface area contributed by atoms with Crippen LogP contribution in [0.2, 0.25) is 0 Å². The number of aromatic nitrogens is 1. The number of hydrogen-bond acceptors (Lipinski definition) is 4. The highest BCUT2D eigenvalue weighted by molar-refractivity contribution is 5.76. The summed E-state index contributed by atoms with van der Waals surface area (Å²) in [6.45, 7) is 4.35. The lowest BCUT2D eigenvalue weighted by atomic mass is 10.2. The van der Waals surface area contributed by atoms with E-state index in [1.807, 2.05) is 30.0 Å². The highest BCUT2D eigenvalue weighted by atomic mass is 16.5. The maximum Gasteiger partial charge on any atom is 0.419 e. The van der Waals surface area contributed by atoms with Crippen molar-refractivity contribution in [2.24, 2.45) is 0 Å². The predicted octanol–water partition coefficient (Wildman–Crippen LogP) is 1.62. The molecule has 3 rings (SSSR count). The Hall–Kier alpha value is -2.08. The Balaban J connectivity index is 1.59. The van der Waals surface area contributed by atoms with Gasteiger partial charge in [-0.1, -0.05) is 12.1 Å². The van der Waals surface area contributed by atoms with E-state index in [0.717, 1.165) is 5.52 Å². The van der Waals surface area contributed by atoms with E-state index in [1.165, 1.54) is 0 Å². The van der Waals surface area contributed by atoms with E-state index in [9.17, 15) is 9.59 Å². The fourth-order valence-corrected chi connectivity index (χ4v) is 2.82. The summed E-state index contributed by atoms with van der Waals surface area (Å²) in [4.78, 5) is 25.9. The molecule has 1 amide bonds. The molecule has 0 bridgehead atoms. The van der Waals surface area contributed by atoms with Crippen LogP contribution in [0.1, 0.15) is 19.8 Å². The molecule has 1 aromatic heterocycles. The second kappa shape index (κ2) is 6.36. The summed E-state index contributed by atoms with van der Waals surface area (Å²) in [5, 5.41) is 0. The molecule has 2 aromatic rings. The van der Waals surface area contributed by atoms with E-state index in [2.05, 4.69) is 0 Å². The largest absolute Gasteiger partial charge is 0.419 e. The maximum absolute atomic E-state index is 12.2. The SMILES string of the molecule is C[C@@H]1CN(C(=O)CCCn2c(=O)oc3ccccc32)CCO1. The minimum absolute atomic E-state index is 0.0955. The number of oxazole rings is 1. The number of para-hydroxylation sites is 2. The molecule has 118 valence electrons. The highest BCUT2D eigenvalue weighted by Crippen LogP contribution is 2.13. The number of rotatable bonds is 4. The first-order valence-electron chi connectivity index (χ1n) is 7.63. The van der Waals surface area contributed by atoms with Crippen molar-refractivity contribution in [1.29, 1.82) is 0 Å². The molecule has 1 aliphatic heterocycles. The maximum atomic E-state index is 12.2. The van der Waals surface area contributed by atoms with Crippen LogP contribution in [0.5, 0.6) is 0 Å². The number of amides is 1. The topological polar surface area (TPSA) is 64.7 Å². The fourth-order valence-electron chi connectivity index (χ4n) is 2.82. The molecule has 22 heavy (non-hydrogen) atoms. The summed E-state index contributed by atoms with van der Waals surface area (Å²) >= 11 is 0. The standard InChI is InChI=1S/C16H20N2O4/c1-12-11-17(9-10-21-12)15(19)7-4-8-18-13-5-2-3-6-14(13)22-16(18)20/h2-3,5-6,12H,4,7-11H2,1H3/t12-/m1/s1. The van der Waals surface area contributed by atoms with E-state index in [1.54, 1.807) is 10.6 Å². The minimum atomic E-state index is -0.367. The molecule has 0 radical (unpaired) electrons. The number of carbonyl (C=O) groups excluding carboxylic acids is 1. The van der Waals surface area contributed by atoms with E-state index in [4.69, 9.17) is 9.15 Å². The Morgan fingerprint density at radius 1 is 1.36 bits per heavy atom. The van der Waals surface area contributed by atoms with Crippen molar-refractivity contribution in [3.8, 4) is 0 Å². The van der Waals surface area contributed by atoms with Gasteiger partial charge in [0.2, 0.25) is 5.91 Å². The lowest BCUT2D eigenvalue weighted by molar-refractivity contribution is -0.138. The lowest BCUT2D eigenvalue weighted by Gasteiger charge is -2.31. The van der Waals surface area contributed by atoms with Gasteiger partial charge in [-0.2, -0.15) is 0 Å². The second-order valence-corrected chi connectivity index (χ2v) is 5.61. The normalized spacial score (nSPS) is 18.8. The molecule has 1 atom stereocenters. The summed E-state index contributed by atoms with van der Waals surface area (Å²) < 4.78 is 12.2. The van der Waals surface area contributed by atoms with Gasteiger partial charge >= 0.3 is 5.76 Å². The number of hydrogen-bond donors (Lipinski definition) is 0. The quantitative estimate of drug-likeness (QED) is 0.861. The lowest BCUT2D eigenvalue weighted by Crippen LogP contribution is -2.44. The minimum Gasteiger partial charge on any atom is -0.408 e. The molecule has 1 fully saturated rings. The number of benzene rings is 1. The zero-order valence-corrected chi connectivity index (χ0v) is 12.7. The highest BCUT2D eigenvalue weighted by Gasteiger charge is 2.21. The number of carbonyl (C=O) groups is 1. The number of morpholine rings is 1. The van der Waals surface area contributed by atoms with Gasteiger partial charge in [-0.05, 0) is 25.5 Å². The Morgan fingerprint density at radius 3 is 3.00 bits per heavy atom. The van der Waals surface area contributed by atoms with Crippen molar-refractivity contribution >= 4 is 17.0 Å². The number of aryl methyl sites for hydroxylation is 1. The summed E-state index contributed by atoms with van der Waals surface area (Å²) in [5.74, 6) is -0.246. The first-order valence-corrected chi connectivity index (χ1v) is 7.63. The smallest absolute Gasteiger partial charge is 0.408 e. The second-order valence-electron chi connectivity index (χ2n) is 5.61. The van der Waals surface area contributed by atoms with Crippen LogP contribution >= 0.6 is 0 Å². The fraction of sp³-hybridized carbons (Fsp3) is 0.500. The van der Waals surface area contributed by atoms with Crippen molar-refractivity contribution in [2.75, 3.05) is 19.7 Å². The Bertz CT molecular complexity index is 718. The van der Waals surface area contributed by atoms with E-state index in [-0.39, 0.29) is 17.8 Å². The van der Waals surface area contributed by atoms with Crippen LogP contribution < -0.4 is 5.76 Å². The number of nitrogens with zero attached hydrogens (tertiary/aromatic N) is 2. The number of fused-ring (bicyclic) bond motifs is 1. The predicted molar refractivity (Wildman–Crippen MR) is 81.7 cm³/mol. The summed E-state index contributed by atoms with van der Waals surface area (Å²) in [6, 6.07) is 7.33. The molecule has 1 aromatic carbocycles. The molecule has 0 spiro atoms. The average Bonchev–Trinajstić information content (AvgIpc) is 2.83. The summed E-state index contributed by atoms with van der Waals surface area (Å²) in [6.07, 6.45) is 1.14. The molecule has 6 nitrogen and oxygen atoms in total. The average molecular weight is 304 g/mol. The van der Waals surface area contributed by atoms with Crippen molar-refractivity contribution in [2.45, 2.75) is 32.4 Å². The zero-order valence-electron chi connectivity index (χ0n) is 12.7. The van der Waals surface area contributed by atoms with Gasteiger partial charge in [-0.3, -0.25) is 9.36 Å². The summed E-state index contributed by atoms with van der Waals surface area (Å²) in [5.41, 5.74) is 1.36. The van der Waals surface area contributed by atoms with Crippen LogP contribution in [-0.2, 0) is 16.1 Å². The van der Waals surface area contributed by atoms with Gasteiger partial charge in [-0.15, -0.1) is 0 Å². The van der Waals surface area contributed by atoms with E-state index < -0.39 is 0 Å². The van der Waals surface area contributed by atoms with Crippen molar-refractivity contribution < 1.29 is 13.9 Å². The van der Waals surface area contributed by atoms with Crippen molar-refractivity contribution in [3.63, 3.8) is 0 Å². The van der Waals surface area contributed by atoms with Gasteiger partial charge in [0.05, 0.1) is 18.2 Å². The molecule has 0 unspecified atom stereocenters. The summed E-state index contributed by atoms with van der Waals surface area (Å²) in [7, 11) is 0. The molecule has 0 aliphatic carbocycles. The molecule has 0 N–H and O–H groups in total. The van der Waals surface area contributed by atoms with Crippen molar-refractivity contribution in [1.82, 2.24) is 9.47 Å². The van der Waals surface area contributed by atoms with Gasteiger partial charge in [0.1, 0.15) is 0 Å². The molecule has 6 heteroatoms. The molecule has 2 heterocycles. The Kier molecular flexibility index (Phi) is 4.29. The first-order chi connectivity index (χ1) is 10.6. The van der Waals surface area contributed by atoms with Gasteiger partial charge in [0.25, 0.3) is 0 Å². The molecular weight excluding hydrogens is 284 g/mol. The Labute approximate surface area is 128 Å². The monoisotopic (exact) mass is 304 g/mol. The van der Waals surface area contributed by atoms with Gasteiger partial charge in [0.15, 0.2) is 5.58 Å². The van der Waals surface area contributed by atoms with Gasteiger partial charge < -0.3 is 14.1 Å². The zero-order chi connectivity index (χ0) is 15.5. The van der Waals surface area contributed by atoms with Gasteiger partial charge in [-0.25, -0.2) is 4.79 Å². The van der Waals surface area contributed by atoms with Crippen LogP contribution in [0.25, 0.3) is 11.1 Å². The third-order valence-corrected chi connectivity index (χ3v) is 3.94. The Morgan fingerprint density at radius 2 is 2.18 bits per heavy atom. The third-order valence-electron chi connectivity index (χ3n) is 3.94. The first kappa shape index (κ1) is 14.8. The molecule has 0 saturated carbocycles. The van der Waals surface area contributed by atoms with Crippen molar-refractivity contribution in [3.05, 3.63) is 34.8 Å². The van der Waals surface area contributed by atoms with Crippen LogP contribution in [-0.4, -0.2) is 41.2 Å². The van der Waals surface area contributed by atoms with Crippen LogP contribution in [0, 0.1) is 0 Å².